The summed E-state index contributed by atoms with van der Waals surface area (Å²) in [7, 11) is -2.87. The first-order valence-electron chi connectivity index (χ1n) is 3.05. The molecule has 13 heavy (non-hydrogen) atoms. The summed E-state index contributed by atoms with van der Waals surface area (Å²) >= 11 is 16.5. The van der Waals surface area contributed by atoms with Crippen molar-refractivity contribution in [2.24, 2.45) is 0 Å². The Kier molecular flexibility index (Phi) is 7.96. The molecule has 0 aromatic carbocycles. The highest BCUT2D eigenvalue weighted by Crippen LogP contribution is 2.34. The van der Waals surface area contributed by atoms with E-state index >= 15 is 0 Å². The van der Waals surface area contributed by atoms with Crippen molar-refractivity contribution < 1.29 is 19.5 Å². The van der Waals surface area contributed by atoms with Crippen molar-refractivity contribution in [2.75, 3.05) is 5.88 Å². The molecule has 0 saturated heterocycles. The van der Waals surface area contributed by atoms with Crippen LogP contribution in [0.5, 0.6) is 0 Å². The fraction of sp³-hybridized carbons (Fsp3) is 1.00. The van der Waals surface area contributed by atoms with Crippen LogP contribution < -0.4 is 0 Å². The van der Waals surface area contributed by atoms with Crippen LogP contribution >= 0.6 is 43.1 Å². The van der Waals surface area contributed by atoms with E-state index in [1.807, 2.05) is 0 Å². The van der Waals surface area contributed by atoms with Crippen LogP contribution in [0.2, 0.25) is 0 Å². The van der Waals surface area contributed by atoms with Crippen molar-refractivity contribution in [1.82, 2.24) is 0 Å². The van der Waals surface area contributed by atoms with Gasteiger partial charge in [0.05, 0.1) is 11.5 Å². The van der Waals surface area contributed by atoms with Gasteiger partial charge in [0.25, 0.3) is 0 Å². The Balaban J connectivity index is 0. The van der Waals surface area contributed by atoms with E-state index in [-0.39, 0.29) is 5.88 Å². The zero-order valence-corrected chi connectivity index (χ0v) is 10.2. The van der Waals surface area contributed by atoms with E-state index in [9.17, 15) is 5.11 Å². The molecule has 0 heterocycles. The summed E-state index contributed by atoms with van der Waals surface area (Å²) in [6.07, 6.45) is 0. The van der Waals surface area contributed by atoms with Gasteiger partial charge in [0.15, 0.2) is 4.33 Å². The molecule has 0 radical (unpaired) electrons. The van der Waals surface area contributed by atoms with Crippen molar-refractivity contribution in [3.8, 4) is 0 Å². The molecule has 8 heteroatoms. The van der Waals surface area contributed by atoms with Crippen molar-refractivity contribution in [3.05, 3.63) is 0 Å². The largest absolute Gasteiger partial charge is 0.692 e. The second kappa shape index (κ2) is 6.36. The van der Waals surface area contributed by atoms with Gasteiger partial charge >= 0.3 is 8.25 Å². The van der Waals surface area contributed by atoms with Crippen LogP contribution in [-0.4, -0.2) is 30.7 Å². The molecule has 0 rings (SSSR count). The highest BCUT2D eigenvalue weighted by atomic mass is 35.5. The van der Waals surface area contributed by atoms with E-state index in [1.165, 1.54) is 13.8 Å². The molecule has 0 aliphatic heterocycles. The molecule has 0 saturated carbocycles. The van der Waals surface area contributed by atoms with Crippen LogP contribution in [0.3, 0.4) is 0 Å². The van der Waals surface area contributed by atoms with Crippen LogP contribution in [0.25, 0.3) is 0 Å². The summed E-state index contributed by atoms with van der Waals surface area (Å²) in [5, 5.41) is 9.20. The minimum Gasteiger partial charge on any atom is -0.387 e. The maximum Gasteiger partial charge on any atom is 0.692 e. The van der Waals surface area contributed by atoms with Crippen LogP contribution in [0, 0.1) is 0 Å². The maximum atomic E-state index is 9.20. The summed E-state index contributed by atoms with van der Waals surface area (Å²) < 4.78 is 7.45. The molecule has 0 aromatic rings. The van der Waals surface area contributed by atoms with Crippen LogP contribution in [-0.2, 0) is 4.57 Å². The molecule has 0 aliphatic carbocycles. The summed E-state index contributed by atoms with van der Waals surface area (Å²) in [5.74, 6) is 0.0135. The fourth-order valence-electron chi connectivity index (χ4n) is 0.164. The van der Waals surface area contributed by atoms with Crippen LogP contribution in [0.4, 0.5) is 0 Å². The molecular formula is C5H11Cl3O4P+. The Bertz CT molecular complexity index is 164. The fourth-order valence-corrected chi connectivity index (χ4v) is 0.491. The van der Waals surface area contributed by atoms with Gasteiger partial charge in [0, 0.05) is 4.57 Å². The van der Waals surface area contributed by atoms with Crippen molar-refractivity contribution >= 4 is 43.1 Å². The maximum absolute atomic E-state index is 9.20. The molecule has 0 aliphatic rings. The molecule has 0 unspecified atom stereocenters. The number of rotatable bonds is 2. The Morgan fingerprint density at radius 3 is 1.54 bits per heavy atom. The van der Waals surface area contributed by atoms with Gasteiger partial charge in [-0.2, -0.15) is 0 Å². The normalized spacial score (nSPS) is 11.7. The number of alkyl halides is 3. The molecule has 0 amide bonds. The standard InChI is InChI=1S/C5H9Cl3O.HO3P/c1-4(2,9)5(7,8)3-6;1-4(2)3/h9H,3H2,1-2H3;(H-,1,2,3)/p+1. The lowest BCUT2D eigenvalue weighted by molar-refractivity contribution is 0.0684. The van der Waals surface area contributed by atoms with E-state index in [0.717, 1.165) is 0 Å². The lowest BCUT2D eigenvalue weighted by atomic mass is 10.1. The number of hydrogen-bond acceptors (Lipinski definition) is 2. The summed E-state index contributed by atoms with van der Waals surface area (Å²) in [6.45, 7) is 3.02. The molecule has 3 N–H and O–H groups in total. The Morgan fingerprint density at radius 1 is 1.31 bits per heavy atom. The first-order valence-corrected chi connectivity index (χ1v) is 5.51. The molecule has 80 valence electrons. The summed E-state index contributed by atoms with van der Waals surface area (Å²) in [4.78, 5) is 14.2. The number of aliphatic hydroxyl groups is 1. The third-order valence-corrected chi connectivity index (χ3v) is 2.93. The van der Waals surface area contributed by atoms with Crippen molar-refractivity contribution in [1.29, 1.82) is 0 Å². The van der Waals surface area contributed by atoms with Gasteiger partial charge in [-0.05, 0) is 13.8 Å². The SMILES string of the molecule is CC(C)(O)C(Cl)(Cl)CCl.O=[P+](O)O. The van der Waals surface area contributed by atoms with E-state index in [0.29, 0.717) is 0 Å². The third-order valence-electron chi connectivity index (χ3n) is 1.06. The number of halogens is 3. The molecule has 0 fully saturated rings. The van der Waals surface area contributed by atoms with Crippen molar-refractivity contribution in [3.63, 3.8) is 0 Å². The quantitative estimate of drug-likeness (QED) is 0.529. The monoisotopic (exact) mass is 271 g/mol. The Labute approximate surface area is 92.4 Å². The molecule has 0 spiro atoms. The van der Waals surface area contributed by atoms with Gasteiger partial charge < -0.3 is 5.11 Å². The highest BCUT2D eigenvalue weighted by Gasteiger charge is 2.39. The minimum absolute atomic E-state index is 0.0135. The van der Waals surface area contributed by atoms with E-state index in [1.54, 1.807) is 0 Å². The van der Waals surface area contributed by atoms with E-state index in [2.05, 4.69) is 0 Å². The minimum atomic E-state index is -2.87. The van der Waals surface area contributed by atoms with Gasteiger partial charge in [-0.1, -0.05) is 23.2 Å². The zero-order chi connectivity index (χ0) is 11.3. The summed E-state index contributed by atoms with van der Waals surface area (Å²) in [5.41, 5.74) is -1.15. The Morgan fingerprint density at radius 2 is 1.54 bits per heavy atom. The third kappa shape index (κ3) is 9.16. The second-order valence-corrected chi connectivity index (χ2v) is 4.91. The number of hydrogen-bond donors (Lipinski definition) is 3. The molecular weight excluding hydrogens is 261 g/mol. The molecule has 0 bridgehead atoms. The molecule has 4 nitrogen and oxygen atoms in total. The average molecular weight is 272 g/mol. The predicted octanol–water partition coefficient (Wildman–Crippen LogP) is 1.80. The summed E-state index contributed by atoms with van der Waals surface area (Å²) in [6, 6.07) is 0. The lowest BCUT2D eigenvalue weighted by Gasteiger charge is -2.30. The van der Waals surface area contributed by atoms with Gasteiger partial charge in [0.2, 0.25) is 0 Å². The first kappa shape index (κ1) is 16.3. The highest BCUT2D eigenvalue weighted by molar-refractivity contribution is 7.30. The van der Waals surface area contributed by atoms with Crippen LogP contribution in [0.15, 0.2) is 0 Å². The topological polar surface area (TPSA) is 77.8 Å². The van der Waals surface area contributed by atoms with E-state index < -0.39 is 18.2 Å². The van der Waals surface area contributed by atoms with Gasteiger partial charge in [-0.15, -0.1) is 21.4 Å². The molecule has 0 aromatic heterocycles. The predicted molar refractivity (Wildman–Crippen MR) is 53.5 cm³/mol. The second-order valence-electron chi connectivity index (χ2n) is 2.65. The van der Waals surface area contributed by atoms with Gasteiger partial charge in [-0.25, -0.2) is 0 Å². The van der Waals surface area contributed by atoms with Gasteiger partial charge in [0.1, 0.15) is 0 Å². The Hall–Kier alpha value is 0.850. The molecule has 0 atom stereocenters. The lowest BCUT2D eigenvalue weighted by Crippen LogP contribution is -2.42. The van der Waals surface area contributed by atoms with Crippen molar-refractivity contribution in [2.45, 2.75) is 23.8 Å². The van der Waals surface area contributed by atoms with Crippen LogP contribution in [0.1, 0.15) is 13.8 Å². The van der Waals surface area contributed by atoms with E-state index in [4.69, 9.17) is 49.2 Å². The average Bonchev–Trinajstić information content (AvgIpc) is 1.84. The smallest absolute Gasteiger partial charge is 0.387 e. The first-order chi connectivity index (χ1) is 5.54. The van der Waals surface area contributed by atoms with Gasteiger partial charge in [-0.3, -0.25) is 0 Å². The zero-order valence-electron chi connectivity index (χ0n) is 7.04.